The Morgan fingerprint density at radius 1 is 1.23 bits per heavy atom. The van der Waals surface area contributed by atoms with Gasteiger partial charge in [0.2, 0.25) is 0 Å². The van der Waals surface area contributed by atoms with Gasteiger partial charge in [0.25, 0.3) is 5.78 Å². The van der Waals surface area contributed by atoms with Crippen LogP contribution in [-0.4, -0.2) is 25.0 Å². The lowest BCUT2D eigenvalue weighted by atomic mass is 9.90. The van der Waals surface area contributed by atoms with Crippen LogP contribution in [-0.2, 0) is 9.53 Å². The number of Topliss-reactive ketones (excluding diaryl/α,β-unsaturated/α-hetero) is 1. The summed E-state index contributed by atoms with van der Waals surface area (Å²) in [6.07, 6.45) is 5.96. The predicted octanol–water partition coefficient (Wildman–Crippen LogP) is 3.53. The first-order valence-corrected chi connectivity index (χ1v) is 7.75. The molecule has 0 bridgehead atoms. The monoisotopic (exact) mass is 308 g/mol. The maximum Gasteiger partial charge on any atom is 0.379 e. The third-order valence-electron chi connectivity index (χ3n) is 3.85. The van der Waals surface area contributed by atoms with Crippen LogP contribution in [0.25, 0.3) is 0 Å². The molecule has 0 aliphatic heterocycles. The van der Waals surface area contributed by atoms with Crippen molar-refractivity contribution in [2.45, 2.75) is 39.0 Å². The van der Waals surface area contributed by atoms with Crippen molar-refractivity contribution in [1.82, 2.24) is 0 Å². The normalized spacial score (nSPS) is 15.4. The quantitative estimate of drug-likeness (QED) is 0.458. The Morgan fingerprint density at radius 2 is 1.95 bits per heavy atom. The van der Waals surface area contributed by atoms with Crippen molar-refractivity contribution in [2.75, 3.05) is 13.2 Å². The molecule has 4 nitrogen and oxygen atoms in total. The van der Waals surface area contributed by atoms with E-state index in [4.69, 9.17) is 4.74 Å². The van der Waals surface area contributed by atoms with E-state index in [0.29, 0.717) is 18.3 Å². The molecular formula is C17H21FO4. The molecule has 22 heavy (non-hydrogen) atoms. The summed E-state index contributed by atoms with van der Waals surface area (Å²) in [5.41, 5.74) is -0.306. The fraction of sp³-hybridized carbons (Fsp3) is 0.529. The molecule has 0 heterocycles. The topological polar surface area (TPSA) is 52.6 Å². The van der Waals surface area contributed by atoms with Crippen molar-refractivity contribution < 1.29 is 23.5 Å². The fourth-order valence-corrected chi connectivity index (χ4v) is 2.64. The van der Waals surface area contributed by atoms with E-state index in [1.165, 1.54) is 31.4 Å². The zero-order valence-electron chi connectivity index (χ0n) is 12.8. The Morgan fingerprint density at radius 3 is 2.64 bits per heavy atom. The number of halogens is 1. The molecule has 0 aromatic heterocycles. The first-order chi connectivity index (χ1) is 10.6. The second-order valence-electron chi connectivity index (χ2n) is 5.51. The van der Waals surface area contributed by atoms with E-state index in [-0.39, 0.29) is 12.2 Å². The van der Waals surface area contributed by atoms with Crippen LogP contribution in [0.3, 0.4) is 0 Å². The van der Waals surface area contributed by atoms with Crippen LogP contribution in [0.5, 0.6) is 5.75 Å². The number of esters is 1. The van der Waals surface area contributed by atoms with Crippen LogP contribution in [0.1, 0.15) is 49.4 Å². The number of ether oxygens (including phenoxy) is 2. The van der Waals surface area contributed by atoms with Crippen molar-refractivity contribution >= 4 is 11.8 Å². The molecule has 120 valence electrons. The Hall–Kier alpha value is -1.91. The molecule has 5 heteroatoms. The minimum absolute atomic E-state index is 0.0735. The highest BCUT2D eigenvalue weighted by atomic mass is 19.1. The largest absolute Gasteiger partial charge is 0.493 e. The van der Waals surface area contributed by atoms with Crippen LogP contribution >= 0.6 is 0 Å². The number of hydrogen-bond acceptors (Lipinski definition) is 4. The molecule has 1 aromatic rings. The van der Waals surface area contributed by atoms with E-state index in [0.717, 1.165) is 18.9 Å². The van der Waals surface area contributed by atoms with Gasteiger partial charge in [-0.3, -0.25) is 4.79 Å². The van der Waals surface area contributed by atoms with Gasteiger partial charge in [-0.25, -0.2) is 9.18 Å². The van der Waals surface area contributed by atoms with E-state index >= 15 is 0 Å². The standard InChI is InChI=1S/C17H21FO4/c1-2-21-17(20)16(19)14-10-13(8-9-15(14)18)22-11-12-6-4-3-5-7-12/h8-10,12H,2-7,11H2,1H3. The average Bonchev–Trinajstić information content (AvgIpc) is 2.54. The molecule has 0 spiro atoms. The lowest BCUT2D eigenvalue weighted by Crippen LogP contribution is -2.19. The minimum atomic E-state index is -1.05. The van der Waals surface area contributed by atoms with Gasteiger partial charge in [0.05, 0.1) is 18.8 Å². The number of carbonyl (C=O) groups is 2. The van der Waals surface area contributed by atoms with Gasteiger partial charge in [0.15, 0.2) is 0 Å². The summed E-state index contributed by atoms with van der Waals surface area (Å²) in [6, 6.07) is 3.89. The van der Waals surface area contributed by atoms with Gasteiger partial charge < -0.3 is 9.47 Å². The molecule has 0 unspecified atom stereocenters. The highest BCUT2D eigenvalue weighted by molar-refractivity contribution is 6.40. The Balaban J connectivity index is 2.02. The van der Waals surface area contributed by atoms with Crippen LogP contribution in [0, 0.1) is 11.7 Å². The van der Waals surface area contributed by atoms with Crippen molar-refractivity contribution in [2.24, 2.45) is 5.92 Å². The SMILES string of the molecule is CCOC(=O)C(=O)c1cc(OCC2CCCCC2)ccc1F. The fourth-order valence-electron chi connectivity index (χ4n) is 2.64. The van der Waals surface area contributed by atoms with E-state index < -0.39 is 17.6 Å². The van der Waals surface area contributed by atoms with E-state index in [2.05, 4.69) is 4.74 Å². The number of rotatable bonds is 6. The molecule has 0 amide bonds. The number of benzene rings is 1. The third-order valence-corrected chi connectivity index (χ3v) is 3.85. The first kappa shape index (κ1) is 16.5. The predicted molar refractivity (Wildman–Crippen MR) is 79.4 cm³/mol. The molecule has 0 radical (unpaired) electrons. The summed E-state index contributed by atoms with van der Waals surface area (Å²) in [4.78, 5) is 23.3. The number of carbonyl (C=O) groups excluding carboxylic acids is 2. The van der Waals surface area contributed by atoms with Gasteiger partial charge in [0.1, 0.15) is 11.6 Å². The molecule has 1 aromatic carbocycles. The maximum absolute atomic E-state index is 13.7. The maximum atomic E-state index is 13.7. The van der Waals surface area contributed by atoms with E-state index in [9.17, 15) is 14.0 Å². The van der Waals surface area contributed by atoms with Crippen LogP contribution in [0.4, 0.5) is 4.39 Å². The van der Waals surface area contributed by atoms with Crippen molar-refractivity contribution in [3.05, 3.63) is 29.6 Å². The van der Waals surface area contributed by atoms with Crippen LogP contribution in [0.2, 0.25) is 0 Å². The summed E-state index contributed by atoms with van der Waals surface area (Å²) >= 11 is 0. The Kier molecular flexibility index (Phi) is 5.92. The van der Waals surface area contributed by atoms with Gasteiger partial charge in [-0.05, 0) is 43.9 Å². The van der Waals surface area contributed by atoms with Gasteiger partial charge >= 0.3 is 5.97 Å². The Bertz CT molecular complexity index is 535. The highest BCUT2D eigenvalue weighted by Crippen LogP contribution is 2.25. The molecule has 1 fully saturated rings. The summed E-state index contributed by atoms with van der Waals surface area (Å²) in [5, 5.41) is 0. The summed E-state index contributed by atoms with van der Waals surface area (Å²) in [6.45, 7) is 2.22. The van der Waals surface area contributed by atoms with Crippen LogP contribution < -0.4 is 4.74 Å². The second-order valence-corrected chi connectivity index (χ2v) is 5.51. The van der Waals surface area contributed by atoms with Crippen molar-refractivity contribution in [3.63, 3.8) is 0 Å². The molecule has 1 saturated carbocycles. The number of hydrogen-bond donors (Lipinski definition) is 0. The minimum Gasteiger partial charge on any atom is -0.493 e. The molecule has 0 N–H and O–H groups in total. The van der Waals surface area contributed by atoms with Crippen LogP contribution in [0.15, 0.2) is 18.2 Å². The third kappa shape index (κ3) is 4.29. The molecule has 0 atom stereocenters. The molecule has 2 rings (SSSR count). The Labute approximate surface area is 129 Å². The molecule has 0 saturated heterocycles. The van der Waals surface area contributed by atoms with Gasteiger partial charge in [-0.1, -0.05) is 19.3 Å². The van der Waals surface area contributed by atoms with Gasteiger partial charge in [-0.15, -0.1) is 0 Å². The number of ketones is 1. The summed E-state index contributed by atoms with van der Waals surface area (Å²) in [5.74, 6) is -1.88. The van der Waals surface area contributed by atoms with Gasteiger partial charge in [0, 0.05) is 0 Å². The molecule has 1 aliphatic carbocycles. The molecular weight excluding hydrogens is 287 g/mol. The summed E-state index contributed by atoms with van der Waals surface area (Å²) < 4.78 is 24.0. The smallest absolute Gasteiger partial charge is 0.379 e. The zero-order valence-corrected chi connectivity index (χ0v) is 12.8. The van der Waals surface area contributed by atoms with E-state index in [1.54, 1.807) is 6.92 Å². The van der Waals surface area contributed by atoms with Crippen molar-refractivity contribution in [1.29, 1.82) is 0 Å². The zero-order chi connectivity index (χ0) is 15.9. The lowest BCUT2D eigenvalue weighted by molar-refractivity contribution is -0.137. The lowest BCUT2D eigenvalue weighted by Gasteiger charge is -2.21. The van der Waals surface area contributed by atoms with Gasteiger partial charge in [-0.2, -0.15) is 0 Å². The molecule has 1 aliphatic rings. The summed E-state index contributed by atoms with van der Waals surface area (Å²) in [7, 11) is 0. The first-order valence-electron chi connectivity index (χ1n) is 7.75. The highest BCUT2D eigenvalue weighted by Gasteiger charge is 2.22. The van der Waals surface area contributed by atoms with Crippen molar-refractivity contribution in [3.8, 4) is 5.75 Å². The average molecular weight is 308 g/mol. The van der Waals surface area contributed by atoms with E-state index in [1.807, 2.05) is 0 Å². The second kappa shape index (κ2) is 7.92.